The Balaban J connectivity index is 1.77. The van der Waals surface area contributed by atoms with Crippen molar-refractivity contribution < 1.29 is 39.7 Å². The summed E-state index contributed by atoms with van der Waals surface area (Å²) < 4.78 is 89.9. The van der Waals surface area contributed by atoms with Gasteiger partial charge in [-0.15, -0.1) is 0 Å². The summed E-state index contributed by atoms with van der Waals surface area (Å²) in [6, 6.07) is 4.97. The van der Waals surface area contributed by atoms with E-state index in [1.165, 1.54) is 12.1 Å². The van der Waals surface area contributed by atoms with Gasteiger partial charge in [0.15, 0.2) is 8.32 Å². The molecule has 0 radical (unpaired) electrons. The van der Waals surface area contributed by atoms with Crippen LogP contribution in [0.25, 0.3) is 0 Å². The third kappa shape index (κ3) is 6.53. The zero-order valence-electron chi connectivity index (χ0n) is 26.9. The molecular formula is C32H44F3NO6SSi. The Morgan fingerprint density at radius 3 is 2.20 bits per heavy atom. The molecule has 0 saturated carbocycles. The van der Waals surface area contributed by atoms with Crippen LogP contribution in [0.1, 0.15) is 105 Å². The molecule has 1 fully saturated rings. The number of ether oxygens (including phenoxy) is 2. The highest BCUT2D eigenvalue weighted by molar-refractivity contribution is 7.85. The zero-order valence-corrected chi connectivity index (χ0v) is 28.7. The minimum Gasteiger partial charge on any atom is -0.410 e. The standard InChI is InChI=1S/C32H44F3NO6SSi/c1-29(2,3)44(7,8)42-24-18-30(4,5)17-22-25(24)27-26(23(36-22)19-40-43(6,37)38)28(41-31(27)13-15-39-16-14-31)20-9-11-21(12-10-20)32(33,34)35/h9-12,24,28H,13-19H2,1-8H3. The van der Waals surface area contributed by atoms with Crippen molar-refractivity contribution in [3.05, 3.63) is 63.5 Å². The number of rotatable bonds is 6. The molecule has 244 valence electrons. The van der Waals surface area contributed by atoms with E-state index in [2.05, 4.69) is 47.7 Å². The molecule has 1 aromatic carbocycles. The van der Waals surface area contributed by atoms with Crippen molar-refractivity contribution in [2.24, 2.45) is 5.41 Å². The summed E-state index contributed by atoms with van der Waals surface area (Å²) in [7, 11) is -6.10. The van der Waals surface area contributed by atoms with Gasteiger partial charge in [-0.2, -0.15) is 21.6 Å². The number of hydrogen-bond donors (Lipinski definition) is 0. The summed E-state index contributed by atoms with van der Waals surface area (Å²) in [6.07, 6.45) is -2.06. The molecule has 2 aromatic rings. The van der Waals surface area contributed by atoms with E-state index in [4.69, 9.17) is 23.1 Å². The lowest BCUT2D eigenvalue weighted by Crippen LogP contribution is -2.45. The van der Waals surface area contributed by atoms with Crippen LogP contribution < -0.4 is 0 Å². The second-order valence-electron chi connectivity index (χ2n) is 14.8. The number of hydrogen-bond acceptors (Lipinski definition) is 7. The molecule has 3 heterocycles. The lowest BCUT2D eigenvalue weighted by Gasteiger charge is -2.46. The van der Waals surface area contributed by atoms with Crippen LogP contribution >= 0.6 is 0 Å². The van der Waals surface area contributed by atoms with Crippen LogP contribution in [0.15, 0.2) is 24.3 Å². The van der Waals surface area contributed by atoms with E-state index in [-0.39, 0.29) is 23.2 Å². The maximum absolute atomic E-state index is 13.5. The van der Waals surface area contributed by atoms with Crippen LogP contribution in [0.5, 0.6) is 0 Å². The highest BCUT2D eigenvalue weighted by atomic mass is 32.2. The van der Waals surface area contributed by atoms with E-state index in [0.29, 0.717) is 49.3 Å². The van der Waals surface area contributed by atoms with Crippen molar-refractivity contribution in [1.82, 2.24) is 4.98 Å². The van der Waals surface area contributed by atoms with Crippen LogP contribution in [0.2, 0.25) is 18.1 Å². The maximum atomic E-state index is 13.5. The first kappa shape index (κ1) is 33.5. The summed E-state index contributed by atoms with van der Waals surface area (Å²) in [5, 5.41) is -0.0513. The average molecular weight is 656 g/mol. The molecule has 0 bridgehead atoms. The molecule has 2 atom stereocenters. The van der Waals surface area contributed by atoms with Gasteiger partial charge >= 0.3 is 6.18 Å². The van der Waals surface area contributed by atoms with Crippen molar-refractivity contribution >= 4 is 18.4 Å². The lowest BCUT2D eigenvalue weighted by atomic mass is 9.70. The number of halogens is 3. The number of nitrogens with zero attached hydrogens (tertiary/aromatic N) is 1. The Bertz CT molecular complexity index is 1510. The number of benzene rings is 1. The predicted octanol–water partition coefficient (Wildman–Crippen LogP) is 7.74. The Morgan fingerprint density at radius 2 is 1.66 bits per heavy atom. The maximum Gasteiger partial charge on any atom is 0.416 e. The number of fused-ring (bicyclic) bond motifs is 4. The Kier molecular flexibility index (Phi) is 8.50. The fraction of sp³-hybridized carbons (Fsp3) is 0.656. The summed E-state index contributed by atoms with van der Waals surface area (Å²) in [5.74, 6) is 0. The molecule has 1 spiro atoms. The topological polar surface area (TPSA) is 84.0 Å². The minimum atomic E-state index is -4.48. The van der Waals surface area contributed by atoms with Crippen molar-refractivity contribution in [2.45, 2.75) is 109 Å². The van der Waals surface area contributed by atoms with Crippen LogP contribution in [-0.4, -0.2) is 41.2 Å². The first-order valence-electron chi connectivity index (χ1n) is 15.1. The first-order valence-corrected chi connectivity index (χ1v) is 19.9. The molecular weight excluding hydrogens is 612 g/mol. The Hall–Kier alpha value is -1.83. The zero-order chi connectivity index (χ0) is 32.5. The second kappa shape index (κ2) is 11.2. The average Bonchev–Trinajstić information content (AvgIpc) is 3.19. The molecule has 7 nitrogen and oxygen atoms in total. The highest BCUT2D eigenvalue weighted by Gasteiger charge is 2.53. The molecule has 0 N–H and O–H groups in total. The van der Waals surface area contributed by atoms with Crippen molar-refractivity contribution in [2.75, 3.05) is 19.5 Å². The normalized spacial score (nSPS) is 23.4. The highest BCUT2D eigenvalue weighted by Crippen LogP contribution is 2.58. The second-order valence-corrected chi connectivity index (χ2v) is 21.2. The van der Waals surface area contributed by atoms with Gasteiger partial charge in [0.25, 0.3) is 10.1 Å². The van der Waals surface area contributed by atoms with Gasteiger partial charge in [-0.3, -0.25) is 9.17 Å². The molecule has 3 aliphatic rings. The quantitative estimate of drug-likeness (QED) is 0.233. The van der Waals surface area contributed by atoms with Gasteiger partial charge in [-0.1, -0.05) is 46.8 Å². The largest absolute Gasteiger partial charge is 0.416 e. The molecule has 12 heteroatoms. The predicted molar refractivity (Wildman–Crippen MR) is 163 cm³/mol. The monoisotopic (exact) mass is 655 g/mol. The van der Waals surface area contributed by atoms with E-state index in [0.717, 1.165) is 41.6 Å². The van der Waals surface area contributed by atoms with Gasteiger partial charge in [0, 0.05) is 42.9 Å². The number of alkyl halides is 3. The number of aromatic nitrogens is 1. The van der Waals surface area contributed by atoms with Crippen LogP contribution in [-0.2, 0) is 53.0 Å². The summed E-state index contributed by atoms with van der Waals surface area (Å²) in [6.45, 7) is 16.0. The van der Waals surface area contributed by atoms with E-state index < -0.39 is 41.9 Å². The van der Waals surface area contributed by atoms with Gasteiger partial charge in [-0.25, -0.2) is 0 Å². The molecule has 1 aliphatic carbocycles. The van der Waals surface area contributed by atoms with E-state index in [9.17, 15) is 21.6 Å². The van der Waals surface area contributed by atoms with Gasteiger partial charge in [0.2, 0.25) is 0 Å². The van der Waals surface area contributed by atoms with Gasteiger partial charge < -0.3 is 13.9 Å². The third-order valence-corrected chi connectivity index (χ3v) is 14.7. The molecule has 44 heavy (non-hydrogen) atoms. The van der Waals surface area contributed by atoms with Crippen molar-refractivity contribution in [1.29, 1.82) is 0 Å². The Morgan fingerprint density at radius 1 is 1.05 bits per heavy atom. The van der Waals surface area contributed by atoms with Crippen LogP contribution in [0, 0.1) is 5.41 Å². The van der Waals surface area contributed by atoms with E-state index in [1.54, 1.807) is 0 Å². The van der Waals surface area contributed by atoms with Gasteiger partial charge in [0.05, 0.1) is 29.2 Å². The fourth-order valence-electron chi connectivity index (χ4n) is 6.50. The molecule has 0 amide bonds. The minimum absolute atomic E-state index is 0.0513. The Labute approximate surface area is 260 Å². The van der Waals surface area contributed by atoms with E-state index >= 15 is 0 Å². The smallest absolute Gasteiger partial charge is 0.410 e. The molecule has 1 aromatic heterocycles. The van der Waals surface area contributed by atoms with Gasteiger partial charge in [0.1, 0.15) is 12.7 Å². The fourth-order valence-corrected chi connectivity index (χ4v) is 8.09. The number of pyridine rings is 1. The van der Waals surface area contributed by atoms with E-state index in [1.807, 2.05) is 0 Å². The molecule has 2 unspecified atom stereocenters. The first-order chi connectivity index (χ1) is 20.1. The molecule has 2 aliphatic heterocycles. The van der Waals surface area contributed by atoms with Crippen molar-refractivity contribution in [3.63, 3.8) is 0 Å². The van der Waals surface area contributed by atoms with Crippen LogP contribution in [0.3, 0.4) is 0 Å². The van der Waals surface area contributed by atoms with Crippen LogP contribution in [0.4, 0.5) is 13.2 Å². The lowest BCUT2D eigenvalue weighted by molar-refractivity contribution is -0.137. The third-order valence-electron chi connectivity index (χ3n) is 9.69. The summed E-state index contributed by atoms with van der Waals surface area (Å²) in [4.78, 5) is 5.09. The molecule has 1 saturated heterocycles. The van der Waals surface area contributed by atoms with Gasteiger partial charge in [-0.05, 0) is 59.6 Å². The molecule has 5 rings (SSSR count). The summed E-state index contributed by atoms with van der Waals surface area (Å²) in [5.41, 5.74) is 2.63. The SMILES string of the molecule is CC1(C)Cc2nc(COS(C)(=O)=O)c3c(c2C(O[Si](C)(C)C(C)(C)C)C1)C1(CCOCC1)OC3c1ccc(C(F)(F)F)cc1. The van der Waals surface area contributed by atoms with Crippen molar-refractivity contribution in [3.8, 4) is 0 Å². The summed E-state index contributed by atoms with van der Waals surface area (Å²) >= 11 is 0.